The van der Waals surface area contributed by atoms with Crippen LogP contribution in [0, 0.1) is 13.8 Å². The Hall–Kier alpha value is -0.570. The first kappa shape index (κ1) is 9.97. The molecule has 1 heterocycles. The lowest BCUT2D eigenvalue weighted by atomic mass is 10.1. The summed E-state index contributed by atoms with van der Waals surface area (Å²) < 4.78 is 1.95. The van der Waals surface area contributed by atoms with Gasteiger partial charge in [-0.25, -0.2) is 0 Å². The Labute approximate surface area is 92.1 Å². The Morgan fingerprint density at radius 3 is 2.64 bits per heavy atom. The number of halogens is 1. The monoisotopic (exact) mass is 255 g/mol. The topological polar surface area (TPSA) is 22.0 Å². The van der Waals surface area contributed by atoms with Gasteiger partial charge in [-0.2, -0.15) is 0 Å². The first-order chi connectivity index (χ1) is 6.65. The molecule has 1 fully saturated rings. The highest BCUT2D eigenvalue weighted by Gasteiger charge is 2.26. The summed E-state index contributed by atoms with van der Waals surface area (Å²) in [4.78, 5) is 12.1. The summed E-state index contributed by atoms with van der Waals surface area (Å²) in [6.07, 6.45) is 2.32. The molecule has 2 rings (SSSR count). The number of aromatic nitrogens is 1. The van der Waals surface area contributed by atoms with Crippen molar-refractivity contribution < 1.29 is 0 Å². The van der Waals surface area contributed by atoms with E-state index in [2.05, 4.69) is 22.0 Å². The highest BCUT2D eigenvalue weighted by Crippen LogP contribution is 2.34. The normalized spacial score (nSPS) is 15.9. The molecule has 2 nitrogen and oxygen atoms in total. The van der Waals surface area contributed by atoms with E-state index in [0.717, 1.165) is 29.7 Å². The molecule has 0 radical (unpaired) electrons. The molecule has 0 unspecified atom stereocenters. The van der Waals surface area contributed by atoms with E-state index in [1.807, 2.05) is 18.4 Å². The minimum atomic E-state index is 0.196. The summed E-state index contributed by atoms with van der Waals surface area (Å²) in [5.74, 6) is 0. The summed E-state index contributed by atoms with van der Waals surface area (Å²) in [5, 5.41) is 0.657. The van der Waals surface area contributed by atoms with Crippen LogP contribution in [0.15, 0.2) is 10.9 Å². The quantitative estimate of drug-likeness (QED) is 0.745. The van der Waals surface area contributed by atoms with E-state index in [4.69, 9.17) is 0 Å². The summed E-state index contributed by atoms with van der Waals surface area (Å²) in [6.45, 7) is 4.02. The van der Waals surface area contributed by atoms with Crippen LogP contribution in [0.5, 0.6) is 0 Å². The molecule has 1 aliphatic carbocycles. The van der Waals surface area contributed by atoms with Gasteiger partial charge in [0.15, 0.2) is 0 Å². The summed E-state index contributed by atoms with van der Waals surface area (Å²) in [5.41, 5.74) is 3.30. The fourth-order valence-corrected chi connectivity index (χ4v) is 2.58. The highest BCUT2D eigenvalue weighted by atomic mass is 79.9. The van der Waals surface area contributed by atoms with Crippen LogP contribution in [0.2, 0.25) is 0 Å². The average molecular weight is 256 g/mol. The number of alkyl halides is 1. The first-order valence-electron chi connectivity index (χ1n) is 4.92. The van der Waals surface area contributed by atoms with Crippen molar-refractivity contribution in [2.24, 2.45) is 0 Å². The maximum atomic E-state index is 12.1. The van der Waals surface area contributed by atoms with Crippen molar-refractivity contribution in [3.8, 4) is 0 Å². The van der Waals surface area contributed by atoms with Gasteiger partial charge in [0.25, 0.3) is 5.56 Å². The third-order valence-corrected chi connectivity index (χ3v) is 3.36. The number of hydrogen-bond acceptors (Lipinski definition) is 1. The minimum Gasteiger partial charge on any atom is -0.310 e. The molecule has 0 aromatic carbocycles. The third-order valence-electron chi connectivity index (χ3n) is 2.80. The fraction of sp³-hybridized carbons (Fsp3) is 0.545. The van der Waals surface area contributed by atoms with Crippen LogP contribution in [0.4, 0.5) is 0 Å². The number of rotatable bonds is 2. The van der Waals surface area contributed by atoms with Gasteiger partial charge in [0.1, 0.15) is 0 Å². The van der Waals surface area contributed by atoms with E-state index in [0.29, 0.717) is 11.4 Å². The number of nitrogens with zero attached hydrogens (tertiary/aromatic N) is 1. The Morgan fingerprint density at radius 1 is 1.50 bits per heavy atom. The maximum absolute atomic E-state index is 12.1. The van der Waals surface area contributed by atoms with Crippen molar-refractivity contribution in [1.29, 1.82) is 0 Å². The Bertz CT molecular complexity index is 418. The van der Waals surface area contributed by atoms with Crippen LogP contribution in [-0.4, -0.2) is 4.57 Å². The molecular weight excluding hydrogens is 242 g/mol. The van der Waals surface area contributed by atoms with Gasteiger partial charge in [-0.15, -0.1) is 0 Å². The zero-order chi connectivity index (χ0) is 10.3. The second-order valence-corrected chi connectivity index (χ2v) is 4.55. The molecule has 0 spiro atoms. The van der Waals surface area contributed by atoms with Crippen molar-refractivity contribution in [1.82, 2.24) is 4.57 Å². The smallest absolute Gasteiger partial charge is 0.255 e. The van der Waals surface area contributed by atoms with Gasteiger partial charge in [0.2, 0.25) is 0 Å². The summed E-state index contributed by atoms with van der Waals surface area (Å²) in [7, 11) is 0. The third kappa shape index (κ3) is 1.54. The molecule has 1 saturated carbocycles. The number of hydrogen-bond donors (Lipinski definition) is 0. The molecule has 0 bridgehead atoms. The summed E-state index contributed by atoms with van der Waals surface area (Å²) in [6, 6.07) is 2.58. The SMILES string of the molecule is Cc1cc(C)n(C2CC2)c(=O)c1CBr. The van der Waals surface area contributed by atoms with Crippen molar-refractivity contribution >= 4 is 15.9 Å². The Kier molecular flexibility index (Phi) is 2.52. The van der Waals surface area contributed by atoms with Crippen molar-refractivity contribution in [2.45, 2.75) is 38.1 Å². The lowest BCUT2D eigenvalue weighted by Crippen LogP contribution is -2.25. The molecule has 0 amide bonds. The van der Waals surface area contributed by atoms with E-state index in [1.165, 1.54) is 0 Å². The first-order valence-corrected chi connectivity index (χ1v) is 6.05. The zero-order valence-corrected chi connectivity index (χ0v) is 10.1. The summed E-state index contributed by atoms with van der Waals surface area (Å²) >= 11 is 3.37. The van der Waals surface area contributed by atoms with E-state index < -0.39 is 0 Å². The molecule has 0 atom stereocenters. The second-order valence-electron chi connectivity index (χ2n) is 3.99. The molecule has 76 valence electrons. The van der Waals surface area contributed by atoms with Gasteiger partial charge in [0, 0.05) is 22.6 Å². The number of pyridine rings is 1. The predicted octanol–water partition coefficient (Wildman–Crippen LogP) is 2.69. The van der Waals surface area contributed by atoms with Gasteiger partial charge < -0.3 is 4.57 Å². The molecule has 1 aromatic rings. The van der Waals surface area contributed by atoms with Crippen LogP contribution in [-0.2, 0) is 5.33 Å². The van der Waals surface area contributed by atoms with Gasteiger partial charge in [-0.3, -0.25) is 4.79 Å². The molecule has 0 saturated heterocycles. The van der Waals surface area contributed by atoms with E-state index in [9.17, 15) is 4.79 Å². The largest absolute Gasteiger partial charge is 0.310 e. The van der Waals surface area contributed by atoms with Crippen LogP contribution in [0.25, 0.3) is 0 Å². The second kappa shape index (κ2) is 3.54. The van der Waals surface area contributed by atoms with E-state index in [-0.39, 0.29) is 5.56 Å². The van der Waals surface area contributed by atoms with E-state index >= 15 is 0 Å². The standard InChI is InChI=1S/C11H14BrNO/c1-7-5-8(2)13(9-3-4-9)11(14)10(7)6-12/h5,9H,3-4,6H2,1-2H3. The van der Waals surface area contributed by atoms with Gasteiger partial charge >= 0.3 is 0 Å². The molecule has 14 heavy (non-hydrogen) atoms. The molecule has 0 N–H and O–H groups in total. The molecular formula is C11H14BrNO. The highest BCUT2D eigenvalue weighted by molar-refractivity contribution is 9.08. The zero-order valence-electron chi connectivity index (χ0n) is 8.51. The van der Waals surface area contributed by atoms with Crippen LogP contribution in [0.3, 0.4) is 0 Å². The predicted molar refractivity (Wildman–Crippen MR) is 61.1 cm³/mol. The molecule has 1 aliphatic rings. The van der Waals surface area contributed by atoms with Crippen LogP contribution < -0.4 is 5.56 Å². The Balaban J connectivity index is 2.64. The van der Waals surface area contributed by atoms with Crippen LogP contribution in [0.1, 0.15) is 35.7 Å². The molecule has 0 aliphatic heterocycles. The van der Waals surface area contributed by atoms with Gasteiger partial charge in [0.05, 0.1) is 0 Å². The lowest BCUT2D eigenvalue weighted by molar-refractivity contribution is 0.674. The van der Waals surface area contributed by atoms with Gasteiger partial charge in [-0.05, 0) is 38.3 Å². The minimum absolute atomic E-state index is 0.196. The lowest BCUT2D eigenvalue weighted by Gasteiger charge is -2.12. The number of aryl methyl sites for hydroxylation is 2. The molecule has 1 aromatic heterocycles. The van der Waals surface area contributed by atoms with E-state index in [1.54, 1.807) is 0 Å². The average Bonchev–Trinajstić information content (AvgIpc) is 2.88. The molecule has 3 heteroatoms. The maximum Gasteiger partial charge on any atom is 0.255 e. The Morgan fingerprint density at radius 2 is 2.14 bits per heavy atom. The van der Waals surface area contributed by atoms with Crippen molar-refractivity contribution in [3.05, 3.63) is 33.2 Å². The van der Waals surface area contributed by atoms with Crippen LogP contribution >= 0.6 is 15.9 Å². The fourth-order valence-electron chi connectivity index (χ4n) is 1.89. The van der Waals surface area contributed by atoms with Crippen molar-refractivity contribution in [3.63, 3.8) is 0 Å². The van der Waals surface area contributed by atoms with Gasteiger partial charge in [-0.1, -0.05) is 15.9 Å². The van der Waals surface area contributed by atoms with Crippen molar-refractivity contribution in [2.75, 3.05) is 0 Å².